The molecule has 0 aliphatic rings. The molecule has 0 fully saturated rings. The number of imidazole rings is 1. The van der Waals surface area contributed by atoms with Crippen molar-refractivity contribution >= 4 is 40.7 Å². The molecule has 0 atom stereocenters. The summed E-state index contributed by atoms with van der Waals surface area (Å²) < 4.78 is 0. The summed E-state index contributed by atoms with van der Waals surface area (Å²) in [4.78, 5) is 29.9. The molecule has 13 heteroatoms. The van der Waals surface area contributed by atoms with Crippen molar-refractivity contribution in [2.45, 2.75) is 0 Å². The zero-order chi connectivity index (χ0) is 23.4. The van der Waals surface area contributed by atoms with Crippen molar-refractivity contribution in [3.63, 3.8) is 0 Å². The molecule has 0 bridgehead atoms. The van der Waals surface area contributed by atoms with Gasteiger partial charge in [0, 0.05) is 41.5 Å². The van der Waals surface area contributed by atoms with Gasteiger partial charge in [-0.3, -0.25) is 10.1 Å². The fourth-order valence-electron chi connectivity index (χ4n) is 3.00. The van der Waals surface area contributed by atoms with Crippen LogP contribution in [0.3, 0.4) is 0 Å². The minimum absolute atomic E-state index is 0.295. The first-order valence-electron chi connectivity index (χ1n) is 9.55. The molecule has 0 aliphatic heterocycles. The highest BCUT2D eigenvalue weighted by Crippen LogP contribution is 2.35. The highest BCUT2D eigenvalue weighted by molar-refractivity contribution is 6.36. The number of aromatic amines is 1. The number of rotatable bonds is 8. The van der Waals surface area contributed by atoms with E-state index in [-0.39, 0.29) is 0 Å². The first kappa shape index (κ1) is 22.2. The Hall–Kier alpha value is -3.96. The zero-order valence-corrected chi connectivity index (χ0v) is 18.3. The zero-order valence-electron chi connectivity index (χ0n) is 16.8. The van der Waals surface area contributed by atoms with Gasteiger partial charge >= 0.3 is 5.69 Å². The Morgan fingerprint density at radius 1 is 1.06 bits per heavy atom. The lowest BCUT2D eigenvalue weighted by atomic mass is 10.1. The number of nitro groups is 1. The molecule has 0 unspecified atom stereocenters. The number of nitrogens with zero attached hydrogens (tertiary/aromatic N) is 5. The van der Waals surface area contributed by atoms with Gasteiger partial charge in [0.05, 0.1) is 33.9 Å². The third-order valence-electron chi connectivity index (χ3n) is 4.53. The van der Waals surface area contributed by atoms with Crippen LogP contribution in [0, 0.1) is 10.1 Å². The Morgan fingerprint density at radius 3 is 2.58 bits per heavy atom. The third kappa shape index (κ3) is 5.10. The van der Waals surface area contributed by atoms with Crippen LogP contribution in [0.2, 0.25) is 10.0 Å². The molecule has 33 heavy (non-hydrogen) atoms. The molecule has 0 saturated carbocycles. The van der Waals surface area contributed by atoms with Gasteiger partial charge in [-0.2, -0.15) is 4.98 Å². The summed E-state index contributed by atoms with van der Waals surface area (Å²) >= 11 is 12.5. The van der Waals surface area contributed by atoms with Gasteiger partial charge in [-0.25, -0.2) is 15.0 Å². The number of nitrogens with one attached hydrogen (secondary N) is 3. The monoisotopic (exact) mass is 486 g/mol. The van der Waals surface area contributed by atoms with Gasteiger partial charge in [0.2, 0.25) is 5.95 Å². The van der Waals surface area contributed by atoms with Gasteiger partial charge < -0.3 is 20.7 Å². The van der Waals surface area contributed by atoms with Crippen LogP contribution in [-0.4, -0.2) is 48.0 Å². The van der Waals surface area contributed by atoms with Crippen LogP contribution < -0.4 is 10.6 Å². The normalized spacial score (nSPS) is 10.7. The molecule has 0 spiro atoms. The number of anilines is 2. The second-order valence-corrected chi connectivity index (χ2v) is 7.54. The Bertz CT molecular complexity index is 1300. The molecule has 4 aromatic rings. The van der Waals surface area contributed by atoms with Gasteiger partial charge in [0.1, 0.15) is 5.82 Å². The Balaban J connectivity index is 1.49. The number of pyridine rings is 1. The molecule has 3 aromatic heterocycles. The number of aromatic nitrogens is 5. The van der Waals surface area contributed by atoms with E-state index >= 15 is 0 Å². The lowest BCUT2D eigenvalue weighted by Gasteiger charge is -2.12. The SMILES string of the molecule is O=[N+]([O-])c1ccc(NCCNc2ncc(-c3cnc[nH]3)c(-c3ccc(Cl)cc3Cl)n2)nc1O. The second kappa shape index (κ2) is 9.67. The number of hydrogen-bond donors (Lipinski definition) is 4. The third-order valence-corrected chi connectivity index (χ3v) is 5.08. The Labute approximate surface area is 197 Å². The summed E-state index contributed by atoms with van der Waals surface area (Å²) in [5, 5.41) is 27.4. The van der Waals surface area contributed by atoms with Gasteiger partial charge in [0.25, 0.3) is 5.88 Å². The van der Waals surface area contributed by atoms with Crippen LogP contribution in [-0.2, 0) is 0 Å². The number of hydrogen-bond acceptors (Lipinski definition) is 9. The molecule has 3 heterocycles. The molecule has 0 saturated heterocycles. The van der Waals surface area contributed by atoms with E-state index in [0.29, 0.717) is 51.7 Å². The molecule has 1 aromatic carbocycles. The molecule has 4 N–H and O–H groups in total. The Morgan fingerprint density at radius 2 is 1.88 bits per heavy atom. The first-order valence-corrected chi connectivity index (χ1v) is 10.3. The molecule has 168 valence electrons. The minimum Gasteiger partial charge on any atom is -0.488 e. The van der Waals surface area contributed by atoms with E-state index in [4.69, 9.17) is 23.2 Å². The predicted molar refractivity (Wildman–Crippen MR) is 125 cm³/mol. The average molecular weight is 487 g/mol. The van der Waals surface area contributed by atoms with Crippen molar-refractivity contribution in [3.05, 3.63) is 69.2 Å². The maximum Gasteiger partial charge on any atom is 0.330 e. The van der Waals surface area contributed by atoms with E-state index in [1.165, 1.54) is 12.1 Å². The van der Waals surface area contributed by atoms with Crippen LogP contribution in [0.5, 0.6) is 5.88 Å². The number of aromatic hydroxyl groups is 1. The van der Waals surface area contributed by atoms with Crippen molar-refractivity contribution in [2.24, 2.45) is 0 Å². The maximum absolute atomic E-state index is 10.8. The highest BCUT2D eigenvalue weighted by atomic mass is 35.5. The average Bonchev–Trinajstić information content (AvgIpc) is 3.31. The van der Waals surface area contributed by atoms with E-state index in [1.54, 1.807) is 36.9 Å². The van der Waals surface area contributed by atoms with E-state index in [9.17, 15) is 15.2 Å². The van der Waals surface area contributed by atoms with Crippen molar-refractivity contribution in [3.8, 4) is 28.4 Å². The van der Waals surface area contributed by atoms with Gasteiger partial charge in [0.15, 0.2) is 0 Å². The van der Waals surface area contributed by atoms with Crippen molar-refractivity contribution in [2.75, 3.05) is 23.7 Å². The van der Waals surface area contributed by atoms with Crippen LogP contribution >= 0.6 is 23.2 Å². The van der Waals surface area contributed by atoms with Crippen molar-refractivity contribution in [1.29, 1.82) is 0 Å². The molecular formula is C20H16Cl2N8O3. The molecular weight excluding hydrogens is 471 g/mol. The topological polar surface area (TPSA) is 155 Å². The van der Waals surface area contributed by atoms with Gasteiger partial charge in [-0.05, 0) is 24.3 Å². The molecule has 0 radical (unpaired) electrons. The molecule has 11 nitrogen and oxygen atoms in total. The second-order valence-electron chi connectivity index (χ2n) is 6.70. The molecule has 0 amide bonds. The van der Waals surface area contributed by atoms with E-state index in [0.717, 1.165) is 5.69 Å². The minimum atomic E-state index is -0.706. The maximum atomic E-state index is 10.8. The van der Waals surface area contributed by atoms with E-state index in [2.05, 4.69) is 35.6 Å². The van der Waals surface area contributed by atoms with Gasteiger partial charge in [-0.1, -0.05) is 23.2 Å². The lowest BCUT2D eigenvalue weighted by molar-refractivity contribution is -0.386. The molecule has 4 rings (SSSR count). The van der Waals surface area contributed by atoms with Crippen LogP contribution in [0.25, 0.3) is 22.5 Å². The largest absolute Gasteiger partial charge is 0.488 e. The quantitative estimate of drug-likeness (QED) is 0.161. The number of benzene rings is 1. The highest BCUT2D eigenvalue weighted by Gasteiger charge is 2.16. The number of halogens is 2. The fourth-order valence-corrected chi connectivity index (χ4v) is 3.50. The molecule has 0 aliphatic carbocycles. The smallest absolute Gasteiger partial charge is 0.330 e. The summed E-state index contributed by atoms with van der Waals surface area (Å²) in [6, 6.07) is 7.74. The first-order chi connectivity index (χ1) is 15.9. The number of H-pyrrole nitrogens is 1. The lowest BCUT2D eigenvalue weighted by Crippen LogP contribution is -2.16. The predicted octanol–water partition coefficient (Wildman–Crippen LogP) is 4.37. The van der Waals surface area contributed by atoms with Crippen LogP contribution in [0.15, 0.2) is 49.1 Å². The van der Waals surface area contributed by atoms with Crippen molar-refractivity contribution in [1.82, 2.24) is 24.9 Å². The van der Waals surface area contributed by atoms with Crippen LogP contribution in [0.4, 0.5) is 17.5 Å². The summed E-state index contributed by atoms with van der Waals surface area (Å²) in [6.07, 6.45) is 4.88. The standard InChI is InChI=1S/C20H16Cl2N8O3/c21-11-1-2-12(14(22)7-11)18-13(15-9-23-10-27-15)8-26-20(29-18)25-6-5-24-17-4-3-16(30(32)33)19(31)28-17/h1-4,7-10H,5-6H2,(H,23,27)(H2,24,28,31)(H,25,26,29). The van der Waals surface area contributed by atoms with E-state index < -0.39 is 16.5 Å². The summed E-state index contributed by atoms with van der Waals surface area (Å²) in [7, 11) is 0. The van der Waals surface area contributed by atoms with Crippen molar-refractivity contribution < 1.29 is 10.0 Å². The summed E-state index contributed by atoms with van der Waals surface area (Å²) in [5.41, 5.74) is 2.25. The fraction of sp³-hybridized carbons (Fsp3) is 0.100. The van der Waals surface area contributed by atoms with E-state index in [1.807, 2.05) is 0 Å². The van der Waals surface area contributed by atoms with Gasteiger partial charge in [-0.15, -0.1) is 0 Å². The Kier molecular flexibility index (Phi) is 6.52. The summed E-state index contributed by atoms with van der Waals surface area (Å²) in [5.74, 6) is 0.00445. The summed E-state index contributed by atoms with van der Waals surface area (Å²) in [6.45, 7) is 0.781. The van der Waals surface area contributed by atoms with Crippen LogP contribution in [0.1, 0.15) is 0 Å².